The van der Waals surface area contributed by atoms with Crippen molar-refractivity contribution in [3.05, 3.63) is 47.4 Å². The van der Waals surface area contributed by atoms with Gasteiger partial charge in [0.05, 0.1) is 12.7 Å². The molecule has 0 aliphatic carbocycles. The molecule has 0 atom stereocenters. The van der Waals surface area contributed by atoms with Gasteiger partial charge in [-0.15, -0.1) is 0 Å². The third kappa shape index (κ3) is 4.39. The Bertz CT molecular complexity index is 799. The van der Waals surface area contributed by atoms with Gasteiger partial charge in [0, 0.05) is 11.8 Å². The van der Waals surface area contributed by atoms with Gasteiger partial charge in [-0.2, -0.15) is 5.10 Å². The van der Waals surface area contributed by atoms with Crippen molar-refractivity contribution in [2.45, 2.75) is 13.5 Å². The minimum atomic E-state index is -3.41. The fraction of sp³-hybridized carbons (Fsp3) is 0.286. The van der Waals surface area contributed by atoms with Crippen LogP contribution in [0.2, 0.25) is 0 Å². The van der Waals surface area contributed by atoms with Crippen LogP contribution >= 0.6 is 0 Å². The molecule has 2 aromatic rings. The molecule has 1 aromatic carbocycles. The van der Waals surface area contributed by atoms with Crippen molar-refractivity contribution < 1.29 is 17.6 Å². The number of benzene rings is 1. The highest BCUT2D eigenvalue weighted by atomic mass is 32.2. The monoisotopic (exact) mass is 325 g/mol. The van der Waals surface area contributed by atoms with E-state index in [0.29, 0.717) is 16.9 Å². The van der Waals surface area contributed by atoms with Crippen LogP contribution in [0.15, 0.2) is 30.5 Å². The molecular weight excluding hydrogens is 309 g/mol. The first kappa shape index (κ1) is 16.2. The fourth-order valence-electron chi connectivity index (χ4n) is 1.98. The number of aryl methyl sites for hydroxylation is 1. The number of rotatable bonds is 5. The van der Waals surface area contributed by atoms with Crippen molar-refractivity contribution >= 4 is 21.6 Å². The summed E-state index contributed by atoms with van der Waals surface area (Å²) >= 11 is 0. The first-order chi connectivity index (χ1) is 10.2. The van der Waals surface area contributed by atoms with E-state index in [9.17, 15) is 17.6 Å². The summed E-state index contributed by atoms with van der Waals surface area (Å²) in [6, 6.07) is 6.04. The molecule has 0 aliphatic rings. The second-order valence-electron chi connectivity index (χ2n) is 5.08. The van der Waals surface area contributed by atoms with E-state index in [-0.39, 0.29) is 12.4 Å². The zero-order chi connectivity index (χ0) is 16.3. The highest BCUT2D eigenvalue weighted by Gasteiger charge is 2.15. The van der Waals surface area contributed by atoms with Crippen LogP contribution in [0.4, 0.5) is 10.2 Å². The number of halogens is 1. The first-order valence-electron chi connectivity index (χ1n) is 6.49. The van der Waals surface area contributed by atoms with Crippen molar-refractivity contribution in [2.24, 2.45) is 0 Å². The Morgan fingerprint density at radius 1 is 1.41 bits per heavy atom. The average molecular weight is 325 g/mol. The van der Waals surface area contributed by atoms with Crippen LogP contribution < -0.4 is 5.32 Å². The van der Waals surface area contributed by atoms with Gasteiger partial charge >= 0.3 is 0 Å². The lowest BCUT2D eigenvalue weighted by Gasteiger charge is -2.10. The van der Waals surface area contributed by atoms with Crippen LogP contribution in [0.25, 0.3) is 0 Å². The van der Waals surface area contributed by atoms with E-state index >= 15 is 0 Å². The van der Waals surface area contributed by atoms with E-state index in [1.54, 1.807) is 25.3 Å². The Morgan fingerprint density at radius 2 is 2.14 bits per heavy atom. The Morgan fingerprint density at radius 3 is 2.77 bits per heavy atom. The molecule has 8 heteroatoms. The second kappa shape index (κ2) is 6.27. The number of amides is 1. The molecule has 1 aromatic heterocycles. The van der Waals surface area contributed by atoms with Gasteiger partial charge < -0.3 is 5.32 Å². The van der Waals surface area contributed by atoms with E-state index in [1.165, 1.54) is 16.8 Å². The van der Waals surface area contributed by atoms with Crippen molar-refractivity contribution in [2.75, 3.05) is 17.3 Å². The molecule has 0 saturated carbocycles. The molecule has 118 valence electrons. The largest absolute Gasteiger partial charge is 0.310 e. The predicted molar refractivity (Wildman–Crippen MR) is 80.8 cm³/mol. The van der Waals surface area contributed by atoms with Gasteiger partial charge in [0.15, 0.2) is 9.84 Å². The second-order valence-corrected chi connectivity index (χ2v) is 7.22. The number of sulfone groups is 1. The highest BCUT2D eigenvalue weighted by molar-refractivity contribution is 7.91. The van der Waals surface area contributed by atoms with Crippen molar-refractivity contribution in [1.29, 1.82) is 0 Å². The third-order valence-corrected chi connectivity index (χ3v) is 3.68. The lowest BCUT2D eigenvalue weighted by atomic mass is 10.2. The summed E-state index contributed by atoms with van der Waals surface area (Å²) in [4.78, 5) is 11.7. The minimum Gasteiger partial charge on any atom is -0.310 e. The third-order valence-electron chi connectivity index (χ3n) is 2.89. The molecule has 0 saturated heterocycles. The molecular formula is C14H16FN3O3S. The Kier molecular flexibility index (Phi) is 4.60. The maximum absolute atomic E-state index is 13.2. The summed E-state index contributed by atoms with van der Waals surface area (Å²) in [5, 5.41) is 6.66. The topological polar surface area (TPSA) is 81.1 Å². The number of nitrogens with zero attached hydrogens (tertiary/aromatic N) is 2. The van der Waals surface area contributed by atoms with Crippen molar-refractivity contribution in [3.63, 3.8) is 0 Å². The minimum absolute atomic E-state index is 0.264. The quantitative estimate of drug-likeness (QED) is 0.900. The standard InChI is InChI=1S/C14H16FN3O3S/c1-10-7-16-18(8-11-4-3-5-12(15)6-11)14(10)17-13(19)9-22(2,20)21/h3-7H,8-9H2,1-2H3,(H,17,19). The normalized spacial score (nSPS) is 11.4. The molecule has 0 spiro atoms. The van der Waals surface area contributed by atoms with Gasteiger partial charge in [0.2, 0.25) is 5.91 Å². The van der Waals surface area contributed by atoms with Crippen LogP contribution in [-0.4, -0.2) is 36.1 Å². The van der Waals surface area contributed by atoms with Crippen molar-refractivity contribution in [1.82, 2.24) is 9.78 Å². The fourth-order valence-corrected chi connectivity index (χ4v) is 2.52. The summed E-state index contributed by atoms with van der Waals surface area (Å²) in [7, 11) is -3.41. The highest BCUT2D eigenvalue weighted by Crippen LogP contribution is 2.16. The van der Waals surface area contributed by atoms with Gasteiger partial charge in [-0.3, -0.25) is 4.79 Å². The molecule has 0 bridgehead atoms. The van der Waals surface area contributed by atoms with Crippen molar-refractivity contribution in [3.8, 4) is 0 Å². The SMILES string of the molecule is Cc1cnn(Cc2cccc(F)c2)c1NC(=O)CS(C)(=O)=O. The maximum atomic E-state index is 13.2. The van der Waals surface area contributed by atoms with Gasteiger partial charge in [0.1, 0.15) is 17.4 Å². The Balaban J connectivity index is 2.19. The van der Waals surface area contributed by atoms with Gasteiger partial charge in [-0.25, -0.2) is 17.5 Å². The van der Waals surface area contributed by atoms with Crippen LogP contribution in [0.1, 0.15) is 11.1 Å². The Labute approximate surface area is 127 Å². The number of nitrogens with one attached hydrogen (secondary N) is 1. The van der Waals surface area contributed by atoms with Gasteiger partial charge in [-0.05, 0) is 24.6 Å². The molecule has 22 heavy (non-hydrogen) atoms. The molecule has 0 radical (unpaired) electrons. The number of anilines is 1. The van der Waals surface area contributed by atoms with Gasteiger partial charge in [0.25, 0.3) is 0 Å². The number of carbonyl (C=O) groups is 1. The summed E-state index contributed by atoms with van der Waals surface area (Å²) in [5.74, 6) is -1.19. The smallest absolute Gasteiger partial charge is 0.240 e. The Hall–Kier alpha value is -2.22. The van der Waals surface area contributed by atoms with E-state index in [4.69, 9.17) is 0 Å². The van der Waals surface area contributed by atoms with Gasteiger partial charge in [-0.1, -0.05) is 12.1 Å². The summed E-state index contributed by atoms with van der Waals surface area (Å²) in [6.07, 6.45) is 2.54. The van der Waals surface area contributed by atoms with Crippen LogP contribution in [0, 0.1) is 12.7 Å². The molecule has 1 amide bonds. The molecule has 6 nitrogen and oxygen atoms in total. The van der Waals surface area contributed by atoms with E-state index in [0.717, 1.165) is 6.26 Å². The number of carbonyl (C=O) groups excluding carboxylic acids is 1. The van der Waals surface area contributed by atoms with E-state index in [2.05, 4.69) is 10.4 Å². The molecule has 0 fully saturated rings. The summed E-state index contributed by atoms with van der Waals surface area (Å²) in [5.41, 5.74) is 1.37. The number of aromatic nitrogens is 2. The number of hydrogen-bond donors (Lipinski definition) is 1. The lowest BCUT2D eigenvalue weighted by Crippen LogP contribution is -2.24. The van der Waals surface area contributed by atoms with E-state index in [1.807, 2.05) is 0 Å². The van der Waals surface area contributed by atoms with Crippen LogP contribution in [0.5, 0.6) is 0 Å². The molecule has 0 unspecified atom stereocenters. The zero-order valence-corrected chi connectivity index (χ0v) is 13.0. The zero-order valence-electron chi connectivity index (χ0n) is 12.2. The van der Waals surface area contributed by atoms with E-state index < -0.39 is 21.5 Å². The van der Waals surface area contributed by atoms with Crippen LogP contribution in [0.3, 0.4) is 0 Å². The van der Waals surface area contributed by atoms with Crippen LogP contribution in [-0.2, 0) is 21.2 Å². The molecule has 2 rings (SSSR count). The lowest BCUT2D eigenvalue weighted by molar-refractivity contribution is -0.113. The summed E-state index contributed by atoms with van der Waals surface area (Å²) in [6.45, 7) is 2.01. The predicted octanol–water partition coefficient (Wildman–Crippen LogP) is 1.36. The first-order valence-corrected chi connectivity index (χ1v) is 8.55. The average Bonchev–Trinajstić information content (AvgIpc) is 2.69. The molecule has 0 aliphatic heterocycles. The number of hydrogen-bond acceptors (Lipinski definition) is 4. The maximum Gasteiger partial charge on any atom is 0.240 e. The summed E-state index contributed by atoms with van der Waals surface area (Å²) < 4.78 is 37.0. The molecule has 1 N–H and O–H groups in total. The molecule has 1 heterocycles.